The first-order chi connectivity index (χ1) is 3.72. The van der Waals surface area contributed by atoms with Crippen molar-refractivity contribution < 1.29 is 9.18 Å². The molecule has 0 aliphatic rings. The van der Waals surface area contributed by atoms with Crippen molar-refractivity contribution in [3.8, 4) is 6.07 Å². The van der Waals surface area contributed by atoms with E-state index in [1.54, 1.807) is 0 Å². The second kappa shape index (κ2) is 2.97. The molecule has 4 heteroatoms. The summed E-state index contributed by atoms with van der Waals surface area (Å²) < 4.78 is 11.8. The Morgan fingerprint density at radius 1 is 2.00 bits per heavy atom. The van der Waals surface area contributed by atoms with Crippen molar-refractivity contribution in [3.05, 3.63) is 0 Å². The molecule has 3 nitrogen and oxygen atoms in total. The number of hydrogen-bond donors (Lipinski definition) is 1. The van der Waals surface area contributed by atoms with Crippen LogP contribution in [0.2, 0.25) is 0 Å². The number of nitrogens with zero attached hydrogens (tertiary/aromatic N) is 1. The normalized spacial score (nSPS) is 11.6. The lowest BCUT2D eigenvalue weighted by Crippen LogP contribution is -2.27. The van der Waals surface area contributed by atoms with Crippen LogP contribution in [0.1, 0.15) is 0 Å². The molecule has 0 heterocycles. The fourth-order valence-electron chi connectivity index (χ4n) is 0.185. The Morgan fingerprint density at radius 2 is 2.50 bits per heavy atom. The zero-order valence-corrected chi connectivity index (χ0v) is 4.31. The summed E-state index contributed by atoms with van der Waals surface area (Å²) in [5.74, 6) is -0.896. The van der Waals surface area contributed by atoms with Gasteiger partial charge in [0.2, 0.25) is 0 Å². The minimum atomic E-state index is -2.03. The molecule has 0 saturated heterocycles. The van der Waals surface area contributed by atoms with E-state index in [0.29, 0.717) is 0 Å². The Bertz CT molecular complexity index is 128. The van der Waals surface area contributed by atoms with Gasteiger partial charge in [-0.2, -0.15) is 5.26 Å². The highest BCUT2D eigenvalue weighted by Gasteiger charge is 2.12. The SMILES string of the molecule is CNC(=O)C(F)C#N. The number of rotatable bonds is 1. The molecule has 8 heavy (non-hydrogen) atoms. The molecule has 0 saturated carbocycles. The Balaban J connectivity index is 3.68. The van der Waals surface area contributed by atoms with Gasteiger partial charge in [-0.3, -0.25) is 4.79 Å². The third-order valence-electron chi connectivity index (χ3n) is 0.590. The lowest BCUT2D eigenvalue weighted by Gasteiger charge is -1.93. The van der Waals surface area contributed by atoms with Gasteiger partial charge in [0.05, 0.1) is 0 Å². The van der Waals surface area contributed by atoms with E-state index in [9.17, 15) is 9.18 Å². The zero-order chi connectivity index (χ0) is 6.57. The Labute approximate surface area is 46.1 Å². The van der Waals surface area contributed by atoms with E-state index >= 15 is 0 Å². The summed E-state index contributed by atoms with van der Waals surface area (Å²) in [6, 6.07) is 1.14. The van der Waals surface area contributed by atoms with E-state index in [2.05, 4.69) is 0 Å². The van der Waals surface area contributed by atoms with E-state index in [1.165, 1.54) is 7.05 Å². The summed E-state index contributed by atoms with van der Waals surface area (Å²) in [6.07, 6.45) is -2.03. The molecule has 1 unspecified atom stereocenters. The fraction of sp³-hybridized carbons (Fsp3) is 0.500. The Hall–Kier alpha value is -1.11. The van der Waals surface area contributed by atoms with Crippen LogP contribution in [-0.4, -0.2) is 19.1 Å². The molecule has 0 fully saturated rings. The van der Waals surface area contributed by atoms with Crippen molar-refractivity contribution >= 4 is 5.91 Å². The van der Waals surface area contributed by atoms with Gasteiger partial charge in [-0.05, 0) is 0 Å². The summed E-state index contributed by atoms with van der Waals surface area (Å²) in [4.78, 5) is 10.0. The monoisotopic (exact) mass is 116 g/mol. The van der Waals surface area contributed by atoms with Crippen molar-refractivity contribution in [1.29, 1.82) is 5.26 Å². The van der Waals surface area contributed by atoms with Crippen LogP contribution < -0.4 is 5.32 Å². The molecule has 1 N–H and O–H groups in total. The van der Waals surface area contributed by atoms with Gasteiger partial charge in [-0.15, -0.1) is 0 Å². The molecule has 0 radical (unpaired) electrons. The van der Waals surface area contributed by atoms with E-state index in [4.69, 9.17) is 5.26 Å². The third-order valence-corrected chi connectivity index (χ3v) is 0.590. The number of halogens is 1. The standard InChI is InChI=1S/C4H5FN2O/c1-7-4(8)3(5)2-6/h3H,1H3,(H,7,8). The molecule has 0 aromatic carbocycles. The van der Waals surface area contributed by atoms with Gasteiger partial charge in [-0.1, -0.05) is 0 Å². The van der Waals surface area contributed by atoms with Gasteiger partial charge in [0.15, 0.2) is 0 Å². The van der Waals surface area contributed by atoms with Crippen LogP contribution in [0.4, 0.5) is 4.39 Å². The first kappa shape index (κ1) is 6.89. The fourth-order valence-corrected chi connectivity index (χ4v) is 0.185. The summed E-state index contributed by atoms with van der Waals surface area (Å²) in [7, 11) is 1.27. The van der Waals surface area contributed by atoms with Crippen molar-refractivity contribution in [2.75, 3.05) is 7.05 Å². The molecule has 0 spiro atoms. The van der Waals surface area contributed by atoms with Crippen LogP contribution in [0.25, 0.3) is 0 Å². The van der Waals surface area contributed by atoms with Crippen molar-refractivity contribution in [3.63, 3.8) is 0 Å². The maximum absolute atomic E-state index is 11.8. The molecular formula is C4H5FN2O. The first-order valence-corrected chi connectivity index (χ1v) is 1.97. The van der Waals surface area contributed by atoms with Gasteiger partial charge in [0.1, 0.15) is 6.07 Å². The minimum Gasteiger partial charge on any atom is -0.356 e. The summed E-state index contributed by atoms with van der Waals surface area (Å²) >= 11 is 0. The number of nitrogens with one attached hydrogen (secondary N) is 1. The quantitative estimate of drug-likeness (QED) is 0.506. The van der Waals surface area contributed by atoms with Gasteiger partial charge in [-0.25, -0.2) is 4.39 Å². The molecule has 0 rings (SSSR count). The smallest absolute Gasteiger partial charge is 0.269 e. The van der Waals surface area contributed by atoms with Crippen LogP contribution in [0.5, 0.6) is 0 Å². The summed E-state index contributed by atoms with van der Waals surface area (Å²) in [5, 5.41) is 9.73. The second-order valence-electron chi connectivity index (χ2n) is 1.11. The molecule has 1 atom stereocenters. The molecule has 0 aromatic rings. The highest BCUT2D eigenvalue weighted by Crippen LogP contribution is 1.84. The maximum atomic E-state index is 11.8. The van der Waals surface area contributed by atoms with Crippen molar-refractivity contribution in [2.45, 2.75) is 6.17 Å². The van der Waals surface area contributed by atoms with Gasteiger partial charge in [0.25, 0.3) is 12.1 Å². The number of alkyl halides is 1. The van der Waals surface area contributed by atoms with Crippen LogP contribution in [0, 0.1) is 11.3 Å². The molecular weight excluding hydrogens is 111 g/mol. The minimum absolute atomic E-state index is 0.896. The Morgan fingerprint density at radius 3 is 2.62 bits per heavy atom. The van der Waals surface area contributed by atoms with Gasteiger partial charge in [0, 0.05) is 7.05 Å². The predicted octanol–water partition coefficient (Wildman–Crippen LogP) is -0.406. The van der Waals surface area contributed by atoms with E-state index in [-0.39, 0.29) is 0 Å². The first-order valence-electron chi connectivity index (χ1n) is 1.97. The lowest BCUT2D eigenvalue weighted by molar-refractivity contribution is -0.123. The second-order valence-corrected chi connectivity index (χ2v) is 1.11. The van der Waals surface area contributed by atoms with Gasteiger partial charge < -0.3 is 5.32 Å². The van der Waals surface area contributed by atoms with E-state index in [1.807, 2.05) is 5.32 Å². The molecule has 0 aromatic heterocycles. The Kier molecular flexibility index (Phi) is 2.56. The maximum Gasteiger partial charge on any atom is 0.269 e. The molecule has 1 amide bonds. The predicted molar refractivity (Wildman–Crippen MR) is 24.6 cm³/mol. The van der Waals surface area contributed by atoms with Crippen LogP contribution in [-0.2, 0) is 4.79 Å². The molecule has 44 valence electrons. The highest BCUT2D eigenvalue weighted by atomic mass is 19.1. The highest BCUT2D eigenvalue weighted by molar-refractivity contribution is 5.82. The number of amides is 1. The van der Waals surface area contributed by atoms with E-state index < -0.39 is 12.1 Å². The average molecular weight is 116 g/mol. The molecule has 0 aliphatic heterocycles. The summed E-state index contributed by atoms with van der Waals surface area (Å²) in [5.41, 5.74) is 0. The van der Waals surface area contributed by atoms with Crippen molar-refractivity contribution in [1.82, 2.24) is 5.32 Å². The third kappa shape index (κ3) is 1.56. The topological polar surface area (TPSA) is 52.9 Å². The van der Waals surface area contributed by atoms with Crippen molar-refractivity contribution in [2.24, 2.45) is 0 Å². The average Bonchev–Trinajstić information content (AvgIpc) is 1.84. The zero-order valence-electron chi connectivity index (χ0n) is 4.31. The van der Waals surface area contributed by atoms with Crippen LogP contribution in [0.15, 0.2) is 0 Å². The molecule has 0 bridgehead atoms. The summed E-state index contributed by atoms with van der Waals surface area (Å²) in [6.45, 7) is 0. The number of nitriles is 1. The number of carbonyl (C=O) groups is 1. The molecule has 0 aliphatic carbocycles. The van der Waals surface area contributed by atoms with E-state index in [0.717, 1.165) is 6.07 Å². The largest absolute Gasteiger partial charge is 0.356 e. The van der Waals surface area contributed by atoms with Gasteiger partial charge >= 0.3 is 0 Å². The van der Waals surface area contributed by atoms with Crippen LogP contribution in [0.3, 0.4) is 0 Å². The number of hydrogen-bond acceptors (Lipinski definition) is 2. The number of carbonyl (C=O) groups excluding carboxylic acids is 1. The lowest BCUT2D eigenvalue weighted by atomic mass is 10.4. The van der Waals surface area contributed by atoms with Crippen LogP contribution >= 0.6 is 0 Å².